The summed E-state index contributed by atoms with van der Waals surface area (Å²) in [6.45, 7) is 2.62. The van der Waals surface area contributed by atoms with E-state index in [2.05, 4.69) is 4.98 Å². The van der Waals surface area contributed by atoms with Crippen LogP contribution in [0.4, 0.5) is 15.8 Å². The molecule has 0 radical (unpaired) electrons. The fourth-order valence-electron chi connectivity index (χ4n) is 2.86. The van der Waals surface area contributed by atoms with E-state index in [0.29, 0.717) is 13.0 Å². The van der Waals surface area contributed by atoms with Crippen LogP contribution in [0.25, 0.3) is 0 Å². The Labute approximate surface area is 122 Å². The van der Waals surface area contributed by atoms with Gasteiger partial charge in [-0.25, -0.2) is 4.39 Å². The highest BCUT2D eigenvalue weighted by molar-refractivity contribution is 5.73. The van der Waals surface area contributed by atoms with Gasteiger partial charge in [0.2, 0.25) is 0 Å². The Bertz CT molecular complexity index is 702. The summed E-state index contributed by atoms with van der Waals surface area (Å²) in [7, 11) is 0. The fourth-order valence-corrected chi connectivity index (χ4v) is 2.86. The monoisotopic (exact) mass is 285 g/mol. The number of aldehydes is 1. The number of fused-ring (bicyclic) bond motifs is 1. The van der Waals surface area contributed by atoms with Crippen molar-refractivity contribution in [1.29, 1.82) is 0 Å². The quantitative estimate of drug-likeness (QED) is 0.680. The van der Waals surface area contributed by atoms with Crippen LogP contribution in [0.1, 0.15) is 22.7 Å². The van der Waals surface area contributed by atoms with Crippen molar-refractivity contribution in [2.45, 2.75) is 19.4 Å². The molecule has 2 aromatic rings. The first kappa shape index (κ1) is 13.5. The molecular formula is C16H16FN3O. The van der Waals surface area contributed by atoms with E-state index in [9.17, 15) is 9.18 Å². The van der Waals surface area contributed by atoms with Gasteiger partial charge in [0.15, 0.2) is 0 Å². The highest BCUT2D eigenvalue weighted by Crippen LogP contribution is 2.35. The van der Waals surface area contributed by atoms with Crippen LogP contribution in [0.5, 0.6) is 0 Å². The molecule has 2 N–H and O–H groups in total. The molecule has 3 rings (SSSR count). The van der Waals surface area contributed by atoms with E-state index >= 15 is 0 Å². The lowest BCUT2D eigenvalue weighted by atomic mass is 9.92. The zero-order chi connectivity index (χ0) is 15.0. The number of benzene rings is 1. The molecule has 1 atom stereocenters. The number of aromatic nitrogens is 1. The minimum Gasteiger partial charge on any atom is -0.396 e. The molecule has 2 heterocycles. The van der Waals surface area contributed by atoms with Gasteiger partial charge in [-0.05, 0) is 48.2 Å². The maximum absolute atomic E-state index is 13.6. The van der Waals surface area contributed by atoms with Gasteiger partial charge in [0, 0.05) is 12.7 Å². The van der Waals surface area contributed by atoms with Crippen LogP contribution in [0.15, 0.2) is 30.6 Å². The molecule has 1 aliphatic rings. The molecule has 1 aromatic heterocycles. The van der Waals surface area contributed by atoms with Gasteiger partial charge in [-0.2, -0.15) is 0 Å². The number of hydrogen-bond acceptors (Lipinski definition) is 4. The van der Waals surface area contributed by atoms with Gasteiger partial charge < -0.3 is 15.4 Å². The first-order valence-corrected chi connectivity index (χ1v) is 6.82. The molecule has 0 aliphatic carbocycles. The molecule has 0 fully saturated rings. The number of nitrogen functional groups attached to an aromatic ring is 1. The van der Waals surface area contributed by atoms with Crippen LogP contribution >= 0.6 is 0 Å². The van der Waals surface area contributed by atoms with E-state index in [1.54, 1.807) is 18.5 Å². The lowest BCUT2D eigenvalue weighted by molar-refractivity contribution is -0.109. The zero-order valence-electron chi connectivity index (χ0n) is 11.7. The largest absolute Gasteiger partial charge is 0.396 e. The van der Waals surface area contributed by atoms with Crippen LogP contribution in [-0.4, -0.2) is 17.8 Å². The minimum atomic E-state index is -0.459. The van der Waals surface area contributed by atoms with Crippen molar-refractivity contribution in [2.75, 3.05) is 17.2 Å². The van der Waals surface area contributed by atoms with Crippen LogP contribution in [0.3, 0.4) is 0 Å². The number of halogens is 1. The van der Waals surface area contributed by atoms with Crippen LogP contribution in [-0.2, 0) is 11.2 Å². The highest BCUT2D eigenvalue weighted by atomic mass is 19.1. The summed E-state index contributed by atoms with van der Waals surface area (Å²) in [6.07, 6.45) is 5.02. The number of anilines is 2. The van der Waals surface area contributed by atoms with Crippen molar-refractivity contribution in [2.24, 2.45) is 0 Å². The average Bonchev–Trinajstić information content (AvgIpc) is 2.48. The Morgan fingerprint density at radius 2 is 2.29 bits per heavy atom. The van der Waals surface area contributed by atoms with Crippen LogP contribution in [0.2, 0.25) is 0 Å². The second-order valence-corrected chi connectivity index (χ2v) is 5.26. The summed E-state index contributed by atoms with van der Waals surface area (Å²) in [5, 5.41) is 0. The zero-order valence-corrected chi connectivity index (χ0v) is 11.7. The number of rotatable bonds is 2. The molecule has 4 nitrogen and oxygen atoms in total. The number of hydrogen-bond donors (Lipinski definition) is 1. The molecule has 0 spiro atoms. The molecular weight excluding hydrogens is 269 g/mol. The van der Waals surface area contributed by atoms with E-state index in [0.717, 1.165) is 28.7 Å². The number of aryl methyl sites for hydroxylation is 1. The third-order valence-corrected chi connectivity index (χ3v) is 3.98. The van der Waals surface area contributed by atoms with Crippen molar-refractivity contribution >= 4 is 17.7 Å². The second kappa shape index (κ2) is 5.16. The molecule has 0 saturated carbocycles. The fraction of sp³-hybridized carbons (Fsp3) is 0.250. The number of nitrogens with zero attached hydrogens (tertiary/aromatic N) is 2. The van der Waals surface area contributed by atoms with E-state index in [-0.39, 0.29) is 5.69 Å². The SMILES string of the molecule is Cc1ccncc1N1CCc2cc(F)c(N)cc2C1C=O. The Morgan fingerprint density at radius 3 is 3.00 bits per heavy atom. The number of carbonyl (C=O) groups excluding carboxylic acids is 1. The summed E-state index contributed by atoms with van der Waals surface area (Å²) in [4.78, 5) is 17.7. The third kappa shape index (κ3) is 2.24. The molecule has 5 heteroatoms. The summed E-state index contributed by atoms with van der Waals surface area (Å²) in [5.74, 6) is -0.426. The summed E-state index contributed by atoms with van der Waals surface area (Å²) < 4.78 is 13.6. The summed E-state index contributed by atoms with van der Waals surface area (Å²) >= 11 is 0. The topological polar surface area (TPSA) is 59.2 Å². The van der Waals surface area contributed by atoms with Crippen molar-refractivity contribution in [1.82, 2.24) is 4.98 Å². The van der Waals surface area contributed by atoms with Crippen LogP contribution in [0, 0.1) is 12.7 Å². The predicted octanol–water partition coefficient (Wildman–Crippen LogP) is 2.41. The molecule has 0 bridgehead atoms. The smallest absolute Gasteiger partial charge is 0.147 e. The maximum atomic E-state index is 13.6. The maximum Gasteiger partial charge on any atom is 0.147 e. The minimum absolute atomic E-state index is 0.0744. The number of carbonyl (C=O) groups is 1. The Balaban J connectivity index is 2.09. The molecule has 0 amide bonds. The van der Waals surface area contributed by atoms with Crippen molar-refractivity contribution < 1.29 is 9.18 Å². The molecule has 21 heavy (non-hydrogen) atoms. The van der Waals surface area contributed by atoms with Gasteiger partial charge in [0.05, 0.1) is 17.6 Å². The Hall–Kier alpha value is -2.43. The van der Waals surface area contributed by atoms with E-state index < -0.39 is 11.9 Å². The molecule has 1 aromatic carbocycles. The number of nitrogens with two attached hydrogens (primary N) is 1. The summed E-state index contributed by atoms with van der Waals surface area (Å²) in [6, 6.07) is 4.46. The Morgan fingerprint density at radius 1 is 1.48 bits per heavy atom. The third-order valence-electron chi connectivity index (χ3n) is 3.98. The standard InChI is InChI=1S/C16H16FN3O/c1-10-2-4-19-8-15(10)20-5-3-11-6-13(17)14(18)7-12(11)16(20)9-21/h2,4,6-9,16H,3,5,18H2,1H3. The van der Waals surface area contributed by atoms with Gasteiger partial charge in [0.25, 0.3) is 0 Å². The van der Waals surface area contributed by atoms with E-state index in [1.165, 1.54) is 6.07 Å². The highest BCUT2D eigenvalue weighted by Gasteiger charge is 2.29. The van der Waals surface area contributed by atoms with Gasteiger partial charge in [-0.3, -0.25) is 4.98 Å². The van der Waals surface area contributed by atoms with Crippen molar-refractivity contribution in [3.63, 3.8) is 0 Å². The molecule has 1 aliphatic heterocycles. The van der Waals surface area contributed by atoms with E-state index in [1.807, 2.05) is 17.9 Å². The van der Waals surface area contributed by atoms with Crippen molar-refractivity contribution in [3.05, 3.63) is 53.1 Å². The van der Waals surface area contributed by atoms with Gasteiger partial charge in [0.1, 0.15) is 18.1 Å². The lowest BCUT2D eigenvalue weighted by Crippen LogP contribution is -2.37. The first-order chi connectivity index (χ1) is 10.1. The normalized spacial score (nSPS) is 17.4. The molecule has 108 valence electrons. The average molecular weight is 285 g/mol. The van der Waals surface area contributed by atoms with Gasteiger partial charge in [-0.1, -0.05) is 0 Å². The van der Waals surface area contributed by atoms with Gasteiger partial charge >= 0.3 is 0 Å². The van der Waals surface area contributed by atoms with Crippen molar-refractivity contribution in [3.8, 4) is 0 Å². The predicted molar refractivity (Wildman–Crippen MR) is 79.6 cm³/mol. The number of pyridine rings is 1. The first-order valence-electron chi connectivity index (χ1n) is 6.82. The summed E-state index contributed by atoms with van der Waals surface area (Å²) in [5.41, 5.74) is 9.32. The van der Waals surface area contributed by atoms with Gasteiger partial charge in [-0.15, -0.1) is 0 Å². The lowest BCUT2D eigenvalue weighted by Gasteiger charge is -2.36. The molecule has 0 saturated heterocycles. The molecule has 1 unspecified atom stereocenters. The van der Waals surface area contributed by atoms with Crippen LogP contribution < -0.4 is 10.6 Å². The van der Waals surface area contributed by atoms with E-state index in [4.69, 9.17) is 5.73 Å². The Kier molecular flexibility index (Phi) is 3.33. The second-order valence-electron chi connectivity index (χ2n) is 5.26.